The standard InChI is InChI=1S/C16H16ClN3O3S2/c1-9-13(15(22)23-4)24-16(19(9)3)20(18-14(25-16)10(2)21)12-7-5-11(17)6-8-12/h5-8H,1-4H3. The number of carbonyl (C=O) groups is 2. The Morgan fingerprint density at radius 3 is 2.44 bits per heavy atom. The summed E-state index contributed by atoms with van der Waals surface area (Å²) in [5, 5.41) is 7.24. The molecule has 6 nitrogen and oxygen atoms in total. The number of allylic oxidation sites excluding steroid dienone is 1. The minimum Gasteiger partial charge on any atom is -0.465 e. The SMILES string of the molecule is COC(=O)C1=C(C)N(C)C2(SC(C(C)=O)=NN2c2ccc(Cl)cc2)S1. The lowest BCUT2D eigenvalue weighted by atomic mass is 10.3. The van der Waals surface area contributed by atoms with E-state index in [9.17, 15) is 9.59 Å². The highest BCUT2D eigenvalue weighted by Crippen LogP contribution is 2.58. The number of nitrogens with zero attached hydrogens (tertiary/aromatic N) is 3. The van der Waals surface area contributed by atoms with E-state index in [2.05, 4.69) is 5.10 Å². The fraction of sp³-hybridized carbons (Fsp3) is 0.312. The van der Waals surface area contributed by atoms with Crippen LogP contribution in [-0.2, 0) is 14.3 Å². The molecule has 2 aliphatic heterocycles. The lowest BCUT2D eigenvalue weighted by molar-refractivity contribution is -0.135. The second-order valence-electron chi connectivity index (χ2n) is 5.47. The summed E-state index contributed by atoms with van der Waals surface area (Å²) in [6.45, 7) is 3.33. The molecule has 0 saturated carbocycles. The summed E-state index contributed by atoms with van der Waals surface area (Å²) in [5.74, 6) is -0.529. The van der Waals surface area contributed by atoms with E-state index in [1.165, 1.54) is 37.6 Å². The molecule has 2 aliphatic rings. The van der Waals surface area contributed by atoms with Gasteiger partial charge < -0.3 is 9.64 Å². The Balaban J connectivity index is 2.07. The Hall–Kier alpha value is -1.64. The van der Waals surface area contributed by atoms with Crippen LogP contribution >= 0.6 is 35.1 Å². The van der Waals surface area contributed by atoms with E-state index >= 15 is 0 Å². The number of hydrogen-bond acceptors (Lipinski definition) is 8. The lowest BCUT2D eigenvalue weighted by Crippen LogP contribution is -2.47. The molecule has 3 rings (SSSR count). The molecule has 1 atom stereocenters. The Labute approximate surface area is 159 Å². The molecular formula is C16H16ClN3O3S2. The highest BCUT2D eigenvalue weighted by atomic mass is 35.5. The van der Waals surface area contributed by atoms with Gasteiger partial charge >= 0.3 is 5.97 Å². The van der Waals surface area contributed by atoms with Gasteiger partial charge in [-0.1, -0.05) is 23.4 Å². The third-order valence-electron chi connectivity index (χ3n) is 3.92. The molecule has 132 valence electrons. The predicted octanol–water partition coefficient (Wildman–Crippen LogP) is 3.49. The summed E-state index contributed by atoms with van der Waals surface area (Å²) >= 11 is 8.62. The van der Waals surface area contributed by atoms with Gasteiger partial charge in [-0.3, -0.25) is 4.79 Å². The molecular weight excluding hydrogens is 382 g/mol. The maximum Gasteiger partial charge on any atom is 0.346 e. The molecule has 1 spiro atoms. The van der Waals surface area contributed by atoms with Crippen LogP contribution in [0.2, 0.25) is 5.02 Å². The van der Waals surface area contributed by atoms with Gasteiger partial charge in [0.25, 0.3) is 0 Å². The molecule has 9 heteroatoms. The van der Waals surface area contributed by atoms with Crippen LogP contribution < -0.4 is 5.01 Å². The zero-order valence-corrected chi connectivity index (χ0v) is 16.5. The third-order valence-corrected chi connectivity index (χ3v) is 7.33. The van der Waals surface area contributed by atoms with Gasteiger partial charge in [0.1, 0.15) is 4.91 Å². The Morgan fingerprint density at radius 1 is 1.24 bits per heavy atom. The molecule has 0 saturated heterocycles. The summed E-state index contributed by atoms with van der Waals surface area (Å²) in [6.07, 6.45) is 0. The number of anilines is 1. The first-order chi connectivity index (χ1) is 11.8. The van der Waals surface area contributed by atoms with E-state index in [0.717, 1.165) is 11.4 Å². The van der Waals surface area contributed by atoms with Crippen molar-refractivity contribution in [2.75, 3.05) is 19.2 Å². The molecule has 0 N–H and O–H groups in total. The first-order valence-corrected chi connectivity index (χ1v) is 9.37. The van der Waals surface area contributed by atoms with E-state index in [0.29, 0.717) is 15.0 Å². The van der Waals surface area contributed by atoms with Crippen molar-refractivity contribution in [2.24, 2.45) is 5.10 Å². The second-order valence-corrected chi connectivity index (χ2v) is 8.50. The van der Waals surface area contributed by atoms with Crippen molar-refractivity contribution in [3.8, 4) is 0 Å². The molecule has 1 aromatic rings. The summed E-state index contributed by atoms with van der Waals surface area (Å²) in [6, 6.07) is 7.18. The van der Waals surface area contributed by atoms with Crippen molar-refractivity contribution < 1.29 is 14.3 Å². The zero-order chi connectivity index (χ0) is 18.4. The van der Waals surface area contributed by atoms with Crippen LogP contribution in [0, 0.1) is 0 Å². The van der Waals surface area contributed by atoms with Gasteiger partial charge in [-0.05, 0) is 43.0 Å². The molecule has 2 heterocycles. The van der Waals surface area contributed by atoms with Crippen molar-refractivity contribution in [3.05, 3.63) is 39.9 Å². The van der Waals surface area contributed by atoms with Crippen molar-refractivity contribution >= 4 is 57.6 Å². The number of hydrogen-bond donors (Lipinski definition) is 0. The maximum atomic E-state index is 12.1. The molecule has 0 bridgehead atoms. The normalized spacial score (nSPS) is 22.7. The number of carbonyl (C=O) groups excluding carboxylic acids is 2. The predicted molar refractivity (Wildman–Crippen MR) is 102 cm³/mol. The zero-order valence-electron chi connectivity index (χ0n) is 14.1. The number of benzene rings is 1. The number of hydrazone groups is 1. The van der Waals surface area contributed by atoms with Crippen molar-refractivity contribution in [1.29, 1.82) is 0 Å². The molecule has 0 aliphatic carbocycles. The number of thioether (sulfide) groups is 2. The van der Waals surface area contributed by atoms with Crippen LogP contribution in [0.3, 0.4) is 0 Å². The van der Waals surface area contributed by atoms with Crippen molar-refractivity contribution in [2.45, 2.75) is 18.2 Å². The third kappa shape index (κ3) is 2.92. The highest BCUT2D eigenvalue weighted by molar-refractivity contribution is 8.28. The Bertz CT molecular complexity index is 809. The van der Waals surface area contributed by atoms with Crippen molar-refractivity contribution in [3.63, 3.8) is 0 Å². The number of Topliss-reactive ketones (excluding diaryl/α,β-unsaturated/α-hetero) is 1. The number of ketones is 1. The average Bonchev–Trinajstić information content (AvgIpc) is 3.10. The summed E-state index contributed by atoms with van der Waals surface area (Å²) in [7, 11) is 3.22. The number of ether oxygens (including phenoxy) is 1. The lowest BCUT2D eigenvalue weighted by Gasteiger charge is -2.39. The minimum absolute atomic E-state index is 0.126. The molecule has 0 aromatic heterocycles. The van der Waals surface area contributed by atoms with Crippen LogP contribution in [0.4, 0.5) is 5.69 Å². The topological polar surface area (TPSA) is 62.2 Å². The van der Waals surface area contributed by atoms with Gasteiger partial charge in [-0.2, -0.15) is 5.10 Å². The average molecular weight is 398 g/mol. The first kappa shape index (κ1) is 18.2. The number of methoxy groups -OCH3 is 1. The molecule has 0 fully saturated rings. The summed E-state index contributed by atoms with van der Waals surface area (Å²) < 4.78 is 4.09. The van der Waals surface area contributed by atoms with Gasteiger partial charge in [0.05, 0.1) is 12.8 Å². The largest absolute Gasteiger partial charge is 0.465 e. The van der Waals surface area contributed by atoms with E-state index in [-0.39, 0.29) is 5.78 Å². The van der Waals surface area contributed by atoms with Crippen LogP contribution in [0.5, 0.6) is 0 Å². The van der Waals surface area contributed by atoms with Crippen LogP contribution in [0.1, 0.15) is 13.8 Å². The Morgan fingerprint density at radius 2 is 1.88 bits per heavy atom. The molecule has 1 unspecified atom stereocenters. The van der Waals surface area contributed by atoms with Crippen molar-refractivity contribution in [1.82, 2.24) is 4.90 Å². The first-order valence-electron chi connectivity index (χ1n) is 7.36. The highest BCUT2D eigenvalue weighted by Gasteiger charge is 2.55. The second kappa shape index (κ2) is 6.59. The molecule has 0 radical (unpaired) electrons. The maximum absolute atomic E-state index is 12.1. The van der Waals surface area contributed by atoms with E-state index in [1.807, 2.05) is 31.0 Å². The van der Waals surface area contributed by atoms with Crippen LogP contribution in [-0.4, -0.2) is 40.2 Å². The quantitative estimate of drug-likeness (QED) is 0.723. The Kier molecular flexibility index (Phi) is 4.78. The van der Waals surface area contributed by atoms with Gasteiger partial charge in [0.2, 0.25) is 4.33 Å². The summed E-state index contributed by atoms with van der Waals surface area (Å²) in [4.78, 5) is 26.5. The van der Waals surface area contributed by atoms with Gasteiger partial charge in [-0.15, -0.1) is 0 Å². The van der Waals surface area contributed by atoms with Crippen LogP contribution in [0.25, 0.3) is 0 Å². The minimum atomic E-state index is -0.803. The van der Waals surface area contributed by atoms with E-state index in [1.54, 1.807) is 17.1 Å². The molecule has 25 heavy (non-hydrogen) atoms. The van der Waals surface area contributed by atoms with Crippen LogP contribution in [0.15, 0.2) is 40.0 Å². The van der Waals surface area contributed by atoms with Gasteiger partial charge in [0, 0.05) is 24.7 Å². The number of rotatable bonds is 3. The van der Waals surface area contributed by atoms with E-state index in [4.69, 9.17) is 16.3 Å². The van der Waals surface area contributed by atoms with Gasteiger partial charge in [0.15, 0.2) is 10.8 Å². The smallest absolute Gasteiger partial charge is 0.346 e. The monoisotopic (exact) mass is 397 g/mol. The summed E-state index contributed by atoms with van der Waals surface area (Å²) in [5.41, 5.74) is 1.54. The number of halogens is 1. The fourth-order valence-electron chi connectivity index (χ4n) is 2.49. The van der Waals surface area contributed by atoms with E-state index < -0.39 is 10.3 Å². The fourth-order valence-corrected chi connectivity index (χ4v) is 5.51. The number of esters is 1. The van der Waals surface area contributed by atoms with Gasteiger partial charge in [-0.25, -0.2) is 9.80 Å². The molecule has 1 aromatic carbocycles. The molecule has 0 amide bonds.